The topological polar surface area (TPSA) is 32.3 Å². The highest BCUT2D eigenvalue weighted by Crippen LogP contribution is 2.39. The zero-order valence-electron chi connectivity index (χ0n) is 11.4. The Hall–Kier alpha value is -0.220. The van der Waals surface area contributed by atoms with Gasteiger partial charge in [0.15, 0.2) is 0 Å². The minimum absolute atomic E-state index is 0.172. The number of hydrogen-bond donors (Lipinski definition) is 1. The smallest absolute Gasteiger partial charge is 0.243 e. The SMILES string of the molecule is CCC1(C)NC(C)N(CC2(C)CCCS2)C1=O. The molecular weight excluding hydrogens is 232 g/mol. The van der Waals surface area contributed by atoms with Gasteiger partial charge in [-0.15, -0.1) is 0 Å². The number of rotatable bonds is 3. The quantitative estimate of drug-likeness (QED) is 0.840. The number of nitrogens with zero attached hydrogens (tertiary/aromatic N) is 1. The summed E-state index contributed by atoms with van der Waals surface area (Å²) in [4.78, 5) is 14.5. The Morgan fingerprint density at radius 2 is 2.24 bits per heavy atom. The highest BCUT2D eigenvalue weighted by Gasteiger charge is 2.47. The molecule has 2 rings (SSSR count). The van der Waals surface area contributed by atoms with E-state index in [1.165, 1.54) is 18.6 Å². The Labute approximate surface area is 109 Å². The molecule has 2 saturated heterocycles. The fraction of sp³-hybridized carbons (Fsp3) is 0.923. The molecule has 0 aliphatic carbocycles. The molecule has 98 valence electrons. The molecule has 0 spiro atoms. The van der Waals surface area contributed by atoms with Crippen molar-refractivity contribution in [1.29, 1.82) is 0 Å². The minimum atomic E-state index is -0.348. The minimum Gasteiger partial charge on any atom is -0.324 e. The lowest BCUT2D eigenvalue weighted by atomic mass is 9.98. The number of carbonyl (C=O) groups is 1. The Balaban J connectivity index is 2.09. The van der Waals surface area contributed by atoms with Crippen molar-refractivity contribution < 1.29 is 4.79 Å². The summed E-state index contributed by atoms with van der Waals surface area (Å²) in [6.07, 6.45) is 3.55. The van der Waals surface area contributed by atoms with Crippen molar-refractivity contribution in [3.05, 3.63) is 0 Å². The van der Waals surface area contributed by atoms with Gasteiger partial charge in [-0.3, -0.25) is 10.1 Å². The van der Waals surface area contributed by atoms with Gasteiger partial charge in [-0.25, -0.2) is 0 Å². The Morgan fingerprint density at radius 3 is 2.71 bits per heavy atom. The second kappa shape index (κ2) is 4.47. The summed E-state index contributed by atoms with van der Waals surface area (Å²) in [6.45, 7) is 9.39. The molecule has 0 aromatic carbocycles. The molecule has 3 atom stereocenters. The van der Waals surface area contributed by atoms with Crippen LogP contribution in [0.25, 0.3) is 0 Å². The van der Waals surface area contributed by atoms with Crippen molar-refractivity contribution in [3.8, 4) is 0 Å². The molecule has 2 aliphatic heterocycles. The van der Waals surface area contributed by atoms with Crippen LogP contribution in [0, 0.1) is 0 Å². The average Bonchev–Trinajstić information content (AvgIpc) is 2.79. The summed E-state index contributed by atoms with van der Waals surface area (Å²) in [5, 5.41) is 3.44. The third-order valence-corrected chi connectivity index (χ3v) is 5.76. The Morgan fingerprint density at radius 1 is 1.53 bits per heavy atom. The van der Waals surface area contributed by atoms with Crippen LogP contribution in [0.5, 0.6) is 0 Å². The Kier molecular flexibility index (Phi) is 3.47. The molecule has 0 radical (unpaired) electrons. The number of hydrogen-bond acceptors (Lipinski definition) is 3. The van der Waals surface area contributed by atoms with Gasteiger partial charge >= 0.3 is 0 Å². The van der Waals surface area contributed by atoms with Gasteiger partial charge in [0, 0.05) is 11.3 Å². The van der Waals surface area contributed by atoms with Crippen molar-refractivity contribution >= 4 is 17.7 Å². The summed E-state index contributed by atoms with van der Waals surface area (Å²) >= 11 is 2.02. The van der Waals surface area contributed by atoms with E-state index < -0.39 is 0 Å². The van der Waals surface area contributed by atoms with E-state index in [1.54, 1.807) is 0 Å². The molecule has 0 aromatic rings. The second-order valence-corrected chi connectivity index (χ2v) is 7.52. The van der Waals surface area contributed by atoms with E-state index >= 15 is 0 Å². The zero-order chi connectivity index (χ0) is 12.7. The summed E-state index contributed by atoms with van der Waals surface area (Å²) < 4.78 is 0.268. The number of carbonyl (C=O) groups excluding carboxylic acids is 1. The average molecular weight is 256 g/mol. The van der Waals surface area contributed by atoms with Crippen LogP contribution in [0.3, 0.4) is 0 Å². The van der Waals surface area contributed by atoms with Crippen LogP contribution in [0.2, 0.25) is 0 Å². The predicted molar refractivity (Wildman–Crippen MR) is 73.1 cm³/mol. The molecule has 17 heavy (non-hydrogen) atoms. The first-order valence-corrected chi connectivity index (χ1v) is 7.61. The van der Waals surface area contributed by atoms with Crippen molar-refractivity contribution in [3.63, 3.8) is 0 Å². The van der Waals surface area contributed by atoms with Crippen LogP contribution in [0.15, 0.2) is 0 Å². The van der Waals surface area contributed by atoms with E-state index in [-0.39, 0.29) is 22.4 Å². The van der Waals surface area contributed by atoms with Crippen molar-refractivity contribution in [2.75, 3.05) is 12.3 Å². The highest BCUT2D eigenvalue weighted by molar-refractivity contribution is 8.00. The zero-order valence-corrected chi connectivity index (χ0v) is 12.2. The third-order valence-electron chi connectivity index (χ3n) is 4.24. The highest BCUT2D eigenvalue weighted by atomic mass is 32.2. The molecular formula is C13H24N2OS. The monoisotopic (exact) mass is 256 g/mol. The maximum absolute atomic E-state index is 12.5. The van der Waals surface area contributed by atoms with Crippen LogP contribution in [0.1, 0.15) is 47.0 Å². The first kappa shape index (κ1) is 13.2. The molecule has 1 amide bonds. The van der Waals surface area contributed by atoms with Crippen molar-refractivity contribution in [2.24, 2.45) is 0 Å². The summed E-state index contributed by atoms with van der Waals surface area (Å²) in [5.74, 6) is 1.52. The van der Waals surface area contributed by atoms with Gasteiger partial charge in [0.2, 0.25) is 5.91 Å². The van der Waals surface area contributed by atoms with E-state index in [4.69, 9.17) is 0 Å². The molecule has 1 N–H and O–H groups in total. The fourth-order valence-corrected chi connectivity index (χ4v) is 4.18. The first-order chi connectivity index (χ1) is 7.90. The molecule has 0 saturated carbocycles. The lowest BCUT2D eigenvalue weighted by Crippen LogP contribution is -2.45. The maximum atomic E-state index is 12.5. The number of amides is 1. The standard InChI is InChI=1S/C13H24N2OS/c1-5-13(4)11(16)15(10(2)14-13)9-12(3)7-6-8-17-12/h10,14H,5-9H2,1-4H3. The van der Waals surface area contributed by atoms with Gasteiger partial charge in [0.05, 0.1) is 11.7 Å². The van der Waals surface area contributed by atoms with Gasteiger partial charge in [0.25, 0.3) is 0 Å². The molecule has 0 bridgehead atoms. The largest absolute Gasteiger partial charge is 0.324 e. The van der Waals surface area contributed by atoms with Crippen LogP contribution in [-0.4, -0.2) is 39.6 Å². The molecule has 2 heterocycles. The summed E-state index contributed by atoms with van der Waals surface area (Å²) in [5.41, 5.74) is -0.348. The molecule has 3 nitrogen and oxygen atoms in total. The van der Waals surface area contributed by atoms with Crippen molar-refractivity contribution in [2.45, 2.75) is 63.4 Å². The van der Waals surface area contributed by atoms with Crippen LogP contribution < -0.4 is 5.32 Å². The molecule has 0 aromatic heterocycles. The fourth-order valence-electron chi connectivity index (χ4n) is 2.88. The number of nitrogens with one attached hydrogen (secondary N) is 1. The van der Waals surface area contributed by atoms with E-state index in [2.05, 4.69) is 26.1 Å². The van der Waals surface area contributed by atoms with Gasteiger partial charge in [-0.1, -0.05) is 6.92 Å². The first-order valence-electron chi connectivity index (χ1n) is 6.63. The third kappa shape index (κ3) is 2.34. The van der Waals surface area contributed by atoms with Gasteiger partial charge < -0.3 is 4.90 Å². The Bertz CT molecular complexity index is 315. The maximum Gasteiger partial charge on any atom is 0.243 e. The van der Waals surface area contributed by atoms with Crippen LogP contribution >= 0.6 is 11.8 Å². The molecule has 2 fully saturated rings. The van der Waals surface area contributed by atoms with E-state index in [9.17, 15) is 4.79 Å². The lowest BCUT2D eigenvalue weighted by molar-refractivity contribution is -0.133. The second-order valence-electron chi connectivity index (χ2n) is 5.84. The van der Waals surface area contributed by atoms with Gasteiger partial charge in [0.1, 0.15) is 0 Å². The predicted octanol–water partition coefficient (Wildman–Crippen LogP) is 2.22. The van der Waals surface area contributed by atoms with Crippen molar-refractivity contribution in [1.82, 2.24) is 10.2 Å². The van der Waals surface area contributed by atoms with E-state index in [1.807, 2.05) is 23.6 Å². The lowest BCUT2D eigenvalue weighted by Gasteiger charge is -2.31. The molecule has 3 unspecified atom stereocenters. The number of thioether (sulfide) groups is 1. The van der Waals surface area contributed by atoms with Gasteiger partial charge in [-0.05, 0) is 45.8 Å². The van der Waals surface area contributed by atoms with Crippen LogP contribution in [0.4, 0.5) is 0 Å². The molecule has 4 heteroatoms. The van der Waals surface area contributed by atoms with Crippen LogP contribution in [-0.2, 0) is 4.79 Å². The van der Waals surface area contributed by atoms with E-state index in [0.717, 1.165) is 13.0 Å². The normalized spacial score (nSPS) is 42.5. The molecule has 2 aliphatic rings. The summed E-state index contributed by atoms with van der Waals surface area (Å²) in [6, 6.07) is 0. The van der Waals surface area contributed by atoms with E-state index in [0.29, 0.717) is 0 Å². The summed E-state index contributed by atoms with van der Waals surface area (Å²) in [7, 11) is 0. The van der Waals surface area contributed by atoms with Gasteiger partial charge in [-0.2, -0.15) is 11.8 Å².